The summed E-state index contributed by atoms with van der Waals surface area (Å²) in [4.78, 5) is 58.9. The van der Waals surface area contributed by atoms with E-state index in [9.17, 15) is 24.0 Å². The molecule has 2 aromatic rings. The topological polar surface area (TPSA) is 142 Å². The highest BCUT2D eigenvalue weighted by Gasteiger charge is 2.24. The van der Waals surface area contributed by atoms with E-state index in [0.717, 1.165) is 11.1 Å². The van der Waals surface area contributed by atoms with Crippen molar-refractivity contribution in [2.24, 2.45) is 0 Å². The van der Waals surface area contributed by atoms with Crippen molar-refractivity contribution in [1.82, 2.24) is 10.6 Å². The summed E-state index contributed by atoms with van der Waals surface area (Å²) in [6.45, 7) is 5.75. The molecule has 0 bridgehead atoms. The first kappa shape index (κ1) is 28.2. The molecule has 3 amide bonds. The van der Waals surface area contributed by atoms with Crippen LogP contribution in [-0.2, 0) is 19.2 Å². The number of aryl methyl sites for hydroxylation is 2. The SMILES string of the molecule is CC(=O)Nc1ccc(C(CCCCNC(=O)c2ccc(C)c(C)c2)C(=O)N[C@@H](C=O)CC(=O)O)cc1. The molecule has 2 rings (SSSR count). The molecule has 1 unspecified atom stereocenters. The third kappa shape index (κ3) is 8.98. The van der Waals surface area contributed by atoms with Crippen molar-refractivity contribution in [2.75, 3.05) is 11.9 Å². The maximum Gasteiger partial charge on any atom is 0.305 e. The molecule has 4 N–H and O–H groups in total. The number of hydrogen-bond acceptors (Lipinski definition) is 5. The molecule has 0 aliphatic carbocycles. The predicted octanol–water partition coefficient (Wildman–Crippen LogP) is 3.10. The van der Waals surface area contributed by atoms with E-state index in [1.807, 2.05) is 26.0 Å². The third-order valence-corrected chi connectivity index (χ3v) is 5.81. The standard InChI is InChI=1S/C27H33N3O6/c1-17-7-8-21(14-18(17)2)26(35)28-13-5-4-6-24(27(36)30-23(16-31)15-25(33)34)20-9-11-22(12-10-20)29-19(3)32/h7-12,14,16,23-24H,4-6,13,15H2,1-3H3,(H,28,35)(H,29,32)(H,30,36)(H,33,34)/t23-,24?/m1/s1. The van der Waals surface area contributed by atoms with Gasteiger partial charge in [-0.15, -0.1) is 0 Å². The van der Waals surface area contributed by atoms with Crippen molar-refractivity contribution in [3.8, 4) is 0 Å². The highest BCUT2D eigenvalue weighted by molar-refractivity contribution is 5.94. The minimum atomic E-state index is -1.19. The molecule has 2 atom stereocenters. The predicted molar refractivity (Wildman–Crippen MR) is 136 cm³/mol. The first-order valence-corrected chi connectivity index (χ1v) is 11.8. The number of hydrogen-bond donors (Lipinski definition) is 4. The Kier molecular flexibility index (Phi) is 10.8. The average molecular weight is 496 g/mol. The lowest BCUT2D eigenvalue weighted by atomic mass is 9.92. The molecule has 0 saturated carbocycles. The van der Waals surface area contributed by atoms with Crippen LogP contribution in [0.25, 0.3) is 0 Å². The van der Waals surface area contributed by atoms with E-state index < -0.39 is 30.3 Å². The summed E-state index contributed by atoms with van der Waals surface area (Å²) in [6, 6.07) is 11.2. The van der Waals surface area contributed by atoms with Gasteiger partial charge in [0.2, 0.25) is 11.8 Å². The lowest BCUT2D eigenvalue weighted by Gasteiger charge is -2.20. The zero-order valence-electron chi connectivity index (χ0n) is 20.8. The van der Waals surface area contributed by atoms with Crippen molar-refractivity contribution in [2.45, 2.75) is 58.4 Å². The van der Waals surface area contributed by atoms with Gasteiger partial charge in [0.1, 0.15) is 6.29 Å². The Morgan fingerprint density at radius 3 is 2.25 bits per heavy atom. The Balaban J connectivity index is 2.01. The monoisotopic (exact) mass is 495 g/mol. The lowest BCUT2D eigenvalue weighted by molar-refractivity contribution is -0.139. The number of nitrogens with one attached hydrogen (secondary N) is 3. The highest BCUT2D eigenvalue weighted by atomic mass is 16.4. The van der Waals surface area contributed by atoms with Crippen molar-refractivity contribution in [3.05, 3.63) is 64.7 Å². The number of carbonyl (C=O) groups excluding carboxylic acids is 4. The van der Waals surface area contributed by atoms with Crippen LogP contribution in [0.2, 0.25) is 0 Å². The molecule has 9 heteroatoms. The van der Waals surface area contributed by atoms with E-state index in [2.05, 4.69) is 16.0 Å². The number of carbonyl (C=O) groups is 5. The van der Waals surface area contributed by atoms with Gasteiger partial charge in [0.25, 0.3) is 5.91 Å². The number of aldehydes is 1. The molecule has 0 aliphatic rings. The quantitative estimate of drug-likeness (QED) is 0.249. The lowest BCUT2D eigenvalue weighted by Crippen LogP contribution is -2.40. The van der Waals surface area contributed by atoms with Gasteiger partial charge in [-0.25, -0.2) is 0 Å². The maximum atomic E-state index is 13.0. The molecule has 0 aromatic heterocycles. The number of carboxylic acid groups (broad SMARTS) is 1. The number of amides is 3. The number of unbranched alkanes of at least 4 members (excludes halogenated alkanes) is 1. The van der Waals surface area contributed by atoms with Crippen LogP contribution in [0.4, 0.5) is 5.69 Å². The van der Waals surface area contributed by atoms with Gasteiger partial charge in [-0.3, -0.25) is 19.2 Å². The number of anilines is 1. The smallest absolute Gasteiger partial charge is 0.305 e. The van der Waals surface area contributed by atoms with Crippen molar-refractivity contribution >= 4 is 35.7 Å². The van der Waals surface area contributed by atoms with Gasteiger partial charge in [0.05, 0.1) is 18.4 Å². The Morgan fingerprint density at radius 2 is 1.67 bits per heavy atom. The fourth-order valence-electron chi connectivity index (χ4n) is 3.72. The van der Waals surface area contributed by atoms with Crippen LogP contribution in [-0.4, -0.2) is 47.7 Å². The number of carboxylic acids is 1. The van der Waals surface area contributed by atoms with Crippen LogP contribution in [0.1, 0.15) is 65.6 Å². The van der Waals surface area contributed by atoms with Crippen molar-refractivity contribution in [3.63, 3.8) is 0 Å². The van der Waals surface area contributed by atoms with Gasteiger partial charge in [0, 0.05) is 24.7 Å². The number of rotatable bonds is 13. The van der Waals surface area contributed by atoms with Crippen LogP contribution < -0.4 is 16.0 Å². The highest BCUT2D eigenvalue weighted by Crippen LogP contribution is 2.24. The normalized spacial score (nSPS) is 12.2. The third-order valence-electron chi connectivity index (χ3n) is 5.81. The number of aliphatic carboxylic acids is 1. The summed E-state index contributed by atoms with van der Waals surface area (Å²) >= 11 is 0. The van der Waals surface area contributed by atoms with Gasteiger partial charge < -0.3 is 25.9 Å². The van der Waals surface area contributed by atoms with E-state index in [1.54, 1.807) is 30.3 Å². The molecule has 0 saturated heterocycles. The fraction of sp³-hybridized carbons (Fsp3) is 0.370. The molecule has 192 valence electrons. The van der Waals surface area contributed by atoms with Crippen LogP contribution in [0.5, 0.6) is 0 Å². The molecule has 9 nitrogen and oxygen atoms in total. The Labute approximate surface area is 210 Å². The molecular weight excluding hydrogens is 462 g/mol. The van der Waals surface area contributed by atoms with Crippen molar-refractivity contribution in [1.29, 1.82) is 0 Å². The van der Waals surface area contributed by atoms with E-state index in [1.165, 1.54) is 6.92 Å². The zero-order valence-corrected chi connectivity index (χ0v) is 20.8. The largest absolute Gasteiger partial charge is 0.481 e. The molecule has 0 heterocycles. The second kappa shape index (κ2) is 13.8. The summed E-state index contributed by atoms with van der Waals surface area (Å²) in [6.07, 6.45) is 1.54. The first-order chi connectivity index (χ1) is 17.1. The van der Waals surface area contributed by atoms with Gasteiger partial charge in [0.15, 0.2) is 0 Å². The van der Waals surface area contributed by atoms with Crippen LogP contribution in [0, 0.1) is 13.8 Å². The van der Waals surface area contributed by atoms with E-state index in [-0.39, 0.29) is 11.8 Å². The molecule has 0 spiro atoms. The second-order valence-electron chi connectivity index (χ2n) is 8.76. The minimum absolute atomic E-state index is 0.163. The van der Waals surface area contributed by atoms with E-state index in [4.69, 9.17) is 5.11 Å². The average Bonchev–Trinajstić information content (AvgIpc) is 2.82. The van der Waals surface area contributed by atoms with Crippen LogP contribution in [0.15, 0.2) is 42.5 Å². The number of benzene rings is 2. The summed E-state index contributed by atoms with van der Waals surface area (Å²) < 4.78 is 0. The van der Waals surface area contributed by atoms with Crippen LogP contribution in [0.3, 0.4) is 0 Å². The van der Waals surface area contributed by atoms with Gasteiger partial charge in [-0.1, -0.05) is 24.6 Å². The van der Waals surface area contributed by atoms with E-state index >= 15 is 0 Å². The van der Waals surface area contributed by atoms with Gasteiger partial charge in [-0.05, 0) is 67.6 Å². The van der Waals surface area contributed by atoms with E-state index in [0.29, 0.717) is 48.9 Å². The summed E-state index contributed by atoms with van der Waals surface area (Å²) in [5, 5.41) is 17.0. The summed E-state index contributed by atoms with van der Waals surface area (Å²) in [5.41, 5.74) is 3.99. The molecule has 0 radical (unpaired) electrons. The second-order valence-corrected chi connectivity index (χ2v) is 8.76. The fourth-order valence-corrected chi connectivity index (χ4v) is 3.72. The molecule has 36 heavy (non-hydrogen) atoms. The Bertz CT molecular complexity index is 1100. The molecule has 2 aromatic carbocycles. The zero-order chi connectivity index (χ0) is 26.7. The summed E-state index contributed by atoms with van der Waals surface area (Å²) in [5.74, 6) is -2.67. The summed E-state index contributed by atoms with van der Waals surface area (Å²) in [7, 11) is 0. The Hall–Kier alpha value is -4.01. The molecule has 0 aliphatic heterocycles. The first-order valence-electron chi connectivity index (χ1n) is 11.8. The minimum Gasteiger partial charge on any atom is -0.481 e. The maximum absolute atomic E-state index is 13.0. The van der Waals surface area contributed by atoms with Gasteiger partial charge in [-0.2, -0.15) is 0 Å². The van der Waals surface area contributed by atoms with Gasteiger partial charge >= 0.3 is 5.97 Å². The molecular formula is C27H33N3O6. The Morgan fingerprint density at radius 1 is 0.972 bits per heavy atom. The van der Waals surface area contributed by atoms with Crippen molar-refractivity contribution < 1.29 is 29.1 Å². The molecule has 0 fully saturated rings. The van der Waals surface area contributed by atoms with Crippen LogP contribution >= 0.6 is 0 Å².